The van der Waals surface area contributed by atoms with Crippen LogP contribution in [0.2, 0.25) is 5.02 Å². The summed E-state index contributed by atoms with van der Waals surface area (Å²) in [6, 6.07) is 12.1. The fraction of sp³-hybridized carbons (Fsp3) is 0.423. The summed E-state index contributed by atoms with van der Waals surface area (Å²) in [7, 11) is 0. The van der Waals surface area contributed by atoms with Crippen molar-refractivity contribution in [1.29, 1.82) is 0 Å². The predicted octanol–water partition coefficient (Wildman–Crippen LogP) is 2.10. The number of rotatable bonds is 5. The Bertz CT molecular complexity index is 1260. The number of carbonyl (C=O) groups is 1. The lowest BCUT2D eigenvalue weighted by Gasteiger charge is -2.39. The molecular formula is C26H29ClN2O8. The smallest absolute Gasteiger partial charge is 0.410 e. The lowest BCUT2D eigenvalue weighted by Crippen LogP contribution is -2.60. The van der Waals surface area contributed by atoms with Crippen LogP contribution in [0.15, 0.2) is 42.5 Å². The van der Waals surface area contributed by atoms with Gasteiger partial charge in [-0.05, 0) is 54.8 Å². The van der Waals surface area contributed by atoms with Gasteiger partial charge in [0.1, 0.15) is 36.2 Å². The van der Waals surface area contributed by atoms with Crippen LogP contribution in [0.25, 0.3) is 10.9 Å². The van der Waals surface area contributed by atoms with Gasteiger partial charge in [0, 0.05) is 28.2 Å². The summed E-state index contributed by atoms with van der Waals surface area (Å²) in [6.45, 7) is 1.92. The third-order valence-electron chi connectivity index (χ3n) is 6.89. The Hall–Kier alpha value is -2.86. The SMILES string of the molecule is CCOC(=O)N1CCc2c([nH]c3ccc(Cl)cc23)C1c1ccc(OC2OC(CO)C(O)C(O)C2O)cc1. The highest BCUT2D eigenvalue weighted by Gasteiger charge is 2.44. The molecule has 0 aliphatic carbocycles. The highest BCUT2D eigenvalue weighted by atomic mass is 35.5. The fourth-order valence-electron chi connectivity index (χ4n) is 5.04. The quantitative estimate of drug-likeness (QED) is 0.336. The second-order valence-electron chi connectivity index (χ2n) is 9.14. The van der Waals surface area contributed by atoms with Gasteiger partial charge < -0.3 is 39.6 Å². The molecule has 3 aromatic rings. The van der Waals surface area contributed by atoms with Crippen LogP contribution in [0.4, 0.5) is 4.79 Å². The number of hydrogen-bond donors (Lipinski definition) is 5. The third-order valence-corrected chi connectivity index (χ3v) is 7.12. The molecule has 5 N–H and O–H groups in total. The van der Waals surface area contributed by atoms with Gasteiger partial charge in [0.05, 0.1) is 13.2 Å². The number of aromatic amines is 1. The predicted molar refractivity (Wildman–Crippen MR) is 133 cm³/mol. The molecule has 1 aromatic heterocycles. The normalized spacial score (nSPS) is 27.7. The number of H-pyrrole nitrogens is 1. The van der Waals surface area contributed by atoms with Crippen molar-refractivity contribution < 1.29 is 39.4 Å². The van der Waals surface area contributed by atoms with Gasteiger partial charge in [0.15, 0.2) is 0 Å². The van der Waals surface area contributed by atoms with Crippen LogP contribution in [0.5, 0.6) is 5.75 Å². The van der Waals surface area contributed by atoms with Gasteiger partial charge in [0.25, 0.3) is 0 Å². The highest BCUT2D eigenvalue weighted by Crippen LogP contribution is 2.40. The second-order valence-corrected chi connectivity index (χ2v) is 9.57. The molecule has 10 nitrogen and oxygen atoms in total. The molecule has 0 saturated carbocycles. The molecule has 2 aliphatic rings. The van der Waals surface area contributed by atoms with Gasteiger partial charge >= 0.3 is 6.09 Å². The zero-order chi connectivity index (χ0) is 26.3. The monoisotopic (exact) mass is 532 g/mol. The minimum Gasteiger partial charge on any atom is -0.462 e. The first-order chi connectivity index (χ1) is 17.8. The Balaban J connectivity index is 1.45. The Kier molecular flexibility index (Phi) is 7.30. The minimum atomic E-state index is -1.54. The van der Waals surface area contributed by atoms with E-state index >= 15 is 0 Å². The summed E-state index contributed by atoms with van der Waals surface area (Å²) in [5, 5.41) is 41.3. The molecule has 1 amide bonds. The number of aromatic nitrogens is 1. The van der Waals surface area contributed by atoms with Crippen molar-refractivity contribution in [2.45, 2.75) is 50.1 Å². The van der Waals surface area contributed by atoms with E-state index in [1.165, 1.54) is 0 Å². The zero-order valence-electron chi connectivity index (χ0n) is 20.1. The summed E-state index contributed by atoms with van der Waals surface area (Å²) in [6.07, 6.45) is -6.67. The number of benzene rings is 2. The molecule has 198 valence electrons. The lowest BCUT2D eigenvalue weighted by atomic mass is 9.92. The number of ether oxygens (including phenoxy) is 3. The maximum Gasteiger partial charge on any atom is 0.410 e. The first kappa shape index (κ1) is 25.8. The number of aliphatic hydroxyl groups excluding tert-OH is 4. The molecule has 3 heterocycles. The number of nitrogens with zero attached hydrogens (tertiary/aromatic N) is 1. The number of aliphatic hydroxyl groups is 4. The Morgan fingerprint density at radius 1 is 1.14 bits per heavy atom. The van der Waals surface area contributed by atoms with Crippen LogP contribution in [-0.4, -0.2) is 86.9 Å². The maximum atomic E-state index is 12.9. The lowest BCUT2D eigenvalue weighted by molar-refractivity contribution is -0.277. The van der Waals surface area contributed by atoms with Crippen LogP contribution < -0.4 is 4.74 Å². The number of carbonyl (C=O) groups excluding carboxylic acids is 1. The number of nitrogens with one attached hydrogen (secondary N) is 1. The van der Waals surface area contributed by atoms with E-state index in [0.29, 0.717) is 23.7 Å². The van der Waals surface area contributed by atoms with Crippen LogP contribution >= 0.6 is 11.6 Å². The molecule has 2 aromatic carbocycles. The van der Waals surface area contributed by atoms with Crippen molar-refractivity contribution in [3.05, 3.63) is 64.3 Å². The zero-order valence-corrected chi connectivity index (χ0v) is 20.8. The maximum absolute atomic E-state index is 12.9. The molecule has 11 heteroatoms. The average molecular weight is 533 g/mol. The van der Waals surface area contributed by atoms with Gasteiger partial charge in [-0.2, -0.15) is 0 Å². The second kappa shape index (κ2) is 10.5. The van der Waals surface area contributed by atoms with Crippen molar-refractivity contribution in [3.8, 4) is 5.75 Å². The van der Waals surface area contributed by atoms with E-state index in [1.807, 2.05) is 18.2 Å². The number of hydrogen-bond acceptors (Lipinski definition) is 8. The highest BCUT2D eigenvalue weighted by molar-refractivity contribution is 6.31. The average Bonchev–Trinajstić information content (AvgIpc) is 3.27. The van der Waals surface area contributed by atoms with E-state index < -0.39 is 49.4 Å². The first-order valence-electron chi connectivity index (χ1n) is 12.1. The minimum absolute atomic E-state index is 0.253. The van der Waals surface area contributed by atoms with E-state index in [-0.39, 0.29) is 6.61 Å². The van der Waals surface area contributed by atoms with Crippen molar-refractivity contribution in [2.24, 2.45) is 0 Å². The van der Waals surface area contributed by atoms with Crippen molar-refractivity contribution in [3.63, 3.8) is 0 Å². The van der Waals surface area contributed by atoms with Crippen LogP contribution in [-0.2, 0) is 15.9 Å². The molecular weight excluding hydrogens is 504 g/mol. The van der Waals surface area contributed by atoms with E-state index in [0.717, 1.165) is 27.7 Å². The largest absolute Gasteiger partial charge is 0.462 e. The molecule has 37 heavy (non-hydrogen) atoms. The summed E-state index contributed by atoms with van der Waals surface area (Å²) in [5.41, 5.74) is 3.68. The number of halogens is 1. The molecule has 5 rings (SSSR count). The van der Waals surface area contributed by atoms with Crippen LogP contribution in [0, 0.1) is 0 Å². The van der Waals surface area contributed by atoms with Crippen molar-refractivity contribution in [2.75, 3.05) is 19.8 Å². The first-order valence-corrected chi connectivity index (χ1v) is 12.5. The van der Waals surface area contributed by atoms with Crippen molar-refractivity contribution >= 4 is 28.6 Å². The third kappa shape index (κ3) is 4.76. The summed E-state index contributed by atoms with van der Waals surface area (Å²) in [4.78, 5) is 18.0. The van der Waals surface area contributed by atoms with Gasteiger partial charge in [-0.25, -0.2) is 4.79 Å². The molecule has 0 radical (unpaired) electrons. The molecule has 1 saturated heterocycles. The molecule has 0 spiro atoms. The van der Waals surface area contributed by atoms with E-state index in [9.17, 15) is 25.2 Å². The summed E-state index contributed by atoms with van der Waals surface area (Å²) < 4.78 is 16.5. The van der Waals surface area contributed by atoms with Crippen molar-refractivity contribution in [1.82, 2.24) is 9.88 Å². The molecule has 0 bridgehead atoms. The van der Waals surface area contributed by atoms with Crippen LogP contribution in [0.3, 0.4) is 0 Å². The standard InChI is InChI=1S/C26H29ClN2O8/c1-2-35-26(34)29-10-9-16-17-11-14(27)5-8-18(17)28-20(16)21(29)13-3-6-15(7-4-13)36-25-24(33)23(32)22(31)19(12-30)37-25/h3-8,11,19,21-25,28,30-33H,2,9-10,12H2,1H3. The number of amides is 1. The summed E-state index contributed by atoms with van der Waals surface area (Å²) >= 11 is 6.25. The Morgan fingerprint density at radius 2 is 1.89 bits per heavy atom. The van der Waals surface area contributed by atoms with E-state index in [2.05, 4.69) is 4.98 Å². The molecule has 6 unspecified atom stereocenters. The molecule has 1 fully saturated rings. The fourth-order valence-corrected chi connectivity index (χ4v) is 5.21. The van der Waals surface area contributed by atoms with Gasteiger partial charge in [-0.3, -0.25) is 4.90 Å². The van der Waals surface area contributed by atoms with Gasteiger partial charge in [0.2, 0.25) is 6.29 Å². The van der Waals surface area contributed by atoms with E-state index in [1.54, 1.807) is 36.1 Å². The van der Waals surface area contributed by atoms with Gasteiger partial charge in [-0.15, -0.1) is 0 Å². The Labute approximate surface area is 217 Å². The van der Waals surface area contributed by atoms with Crippen LogP contribution in [0.1, 0.15) is 29.8 Å². The number of fused-ring (bicyclic) bond motifs is 3. The summed E-state index contributed by atoms with van der Waals surface area (Å²) in [5.74, 6) is 0.329. The van der Waals surface area contributed by atoms with E-state index in [4.69, 9.17) is 25.8 Å². The molecule has 2 aliphatic heterocycles. The Morgan fingerprint density at radius 3 is 2.59 bits per heavy atom. The molecule has 6 atom stereocenters. The topological polar surface area (TPSA) is 145 Å². The van der Waals surface area contributed by atoms with Gasteiger partial charge in [-0.1, -0.05) is 23.7 Å².